The van der Waals surface area contributed by atoms with E-state index in [1.807, 2.05) is 13.8 Å². The van der Waals surface area contributed by atoms with Crippen molar-refractivity contribution in [2.24, 2.45) is 5.92 Å². The standard InChI is InChI=1S/C17H24FN3O2.ClH/c1-11(2)8-16(22)21-15-6-5-12(9-14(15)18)17(23)20-13-4-3-7-19-10-13;/h5-6,9,11,13,19H,3-4,7-8,10H2,1-2H3,(H,20,23)(H,21,22);1H. The lowest BCUT2D eigenvalue weighted by atomic mass is 10.1. The average molecular weight is 358 g/mol. The fraction of sp³-hybridized carbons (Fsp3) is 0.529. The number of carbonyl (C=O) groups excluding carboxylic acids is 2. The van der Waals surface area contributed by atoms with Crippen LogP contribution in [0.1, 0.15) is 43.5 Å². The van der Waals surface area contributed by atoms with E-state index >= 15 is 0 Å². The smallest absolute Gasteiger partial charge is 0.251 e. The van der Waals surface area contributed by atoms with E-state index in [4.69, 9.17) is 0 Å². The minimum atomic E-state index is -0.600. The first kappa shape index (κ1) is 20.4. The predicted molar refractivity (Wildman–Crippen MR) is 95.1 cm³/mol. The highest BCUT2D eigenvalue weighted by Gasteiger charge is 2.17. The number of hydrogen-bond donors (Lipinski definition) is 3. The van der Waals surface area contributed by atoms with E-state index < -0.39 is 5.82 Å². The second-order valence-electron chi connectivity index (χ2n) is 6.36. The van der Waals surface area contributed by atoms with Crippen molar-refractivity contribution in [1.82, 2.24) is 10.6 Å². The van der Waals surface area contributed by atoms with E-state index in [0.717, 1.165) is 32.0 Å². The molecule has 1 aromatic rings. The van der Waals surface area contributed by atoms with Gasteiger partial charge in [0.1, 0.15) is 5.82 Å². The number of hydrogen-bond acceptors (Lipinski definition) is 3. The Bertz CT molecular complexity index is 575. The Balaban J connectivity index is 0.00000288. The topological polar surface area (TPSA) is 70.2 Å². The van der Waals surface area contributed by atoms with Crippen molar-refractivity contribution < 1.29 is 14.0 Å². The van der Waals surface area contributed by atoms with Crippen LogP contribution in [0.4, 0.5) is 10.1 Å². The molecule has 0 saturated carbocycles. The van der Waals surface area contributed by atoms with Crippen molar-refractivity contribution in [2.75, 3.05) is 18.4 Å². The van der Waals surface area contributed by atoms with E-state index in [1.54, 1.807) is 0 Å². The van der Waals surface area contributed by atoms with Crippen LogP contribution in [0.15, 0.2) is 18.2 Å². The summed E-state index contributed by atoms with van der Waals surface area (Å²) in [7, 11) is 0. The number of rotatable bonds is 5. The Hall–Kier alpha value is -1.66. The molecule has 0 radical (unpaired) electrons. The van der Waals surface area contributed by atoms with E-state index in [9.17, 15) is 14.0 Å². The van der Waals surface area contributed by atoms with Gasteiger partial charge in [-0.25, -0.2) is 4.39 Å². The Morgan fingerprint density at radius 3 is 2.71 bits per heavy atom. The summed E-state index contributed by atoms with van der Waals surface area (Å²) in [6.07, 6.45) is 2.26. The molecular weight excluding hydrogens is 333 g/mol. The van der Waals surface area contributed by atoms with Gasteiger partial charge in [0.2, 0.25) is 5.91 Å². The quantitative estimate of drug-likeness (QED) is 0.758. The SMILES string of the molecule is CC(C)CC(=O)Nc1ccc(C(=O)NC2CCCNC2)cc1F.Cl. The van der Waals surface area contributed by atoms with Crippen LogP contribution in [0, 0.1) is 11.7 Å². The van der Waals surface area contributed by atoms with Crippen molar-refractivity contribution in [3.63, 3.8) is 0 Å². The van der Waals surface area contributed by atoms with E-state index in [1.165, 1.54) is 12.1 Å². The van der Waals surface area contributed by atoms with Crippen LogP contribution in [0.3, 0.4) is 0 Å². The molecule has 1 aliphatic heterocycles. The molecule has 3 N–H and O–H groups in total. The lowest BCUT2D eigenvalue weighted by molar-refractivity contribution is -0.116. The zero-order valence-electron chi connectivity index (χ0n) is 14.0. The highest BCUT2D eigenvalue weighted by atomic mass is 35.5. The molecule has 1 saturated heterocycles. The Kier molecular flexibility index (Phi) is 8.15. The molecule has 5 nitrogen and oxygen atoms in total. The van der Waals surface area contributed by atoms with Crippen LogP contribution in [0.2, 0.25) is 0 Å². The van der Waals surface area contributed by atoms with E-state index in [0.29, 0.717) is 6.42 Å². The number of nitrogens with one attached hydrogen (secondary N) is 3. The van der Waals surface area contributed by atoms with Gasteiger partial charge in [0.15, 0.2) is 0 Å². The molecule has 1 aromatic carbocycles. The molecule has 1 heterocycles. The van der Waals surface area contributed by atoms with Crippen molar-refractivity contribution >= 4 is 29.9 Å². The molecule has 1 fully saturated rings. The maximum atomic E-state index is 14.1. The Morgan fingerprint density at radius 1 is 1.38 bits per heavy atom. The van der Waals surface area contributed by atoms with Gasteiger partial charge in [0.25, 0.3) is 5.91 Å². The van der Waals surface area contributed by atoms with Gasteiger partial charge in [-0.3, -0.25) is 9.59 Å². The number of carbonyl (C=O) groups is 2. The summed E-state index contributed by atoms with van der Waals surface area (Å²) in [6, 6.07) is 4.20. The van der Waals surface area contributed by atoms with Crippen LogP contribution < -0.4 is 16.0 Å². The molecule has 2 amide bonds. The zero-order valence-corrected chi connectivity index (χ0v) is 14.8. The van der Waals surface area contributed by atoms with Crippen molar-refractivity contribution in [3.05, 3.63) is 29.6 Å². The highest BCUT2D eigenvalue weighted by molar-refractivity contribution is 5.96. The molecule has 1 aliphatic rings. The van der Waals surface area contributed by atoms with Gasteiger partial charge in [-0.15, -0.1) is 12.4 Å². The van der Waals surface area contributed by atoms with Crippen LogP contribution in [0.5, 0.6) is 0 Å². The summed E-state index contributed by atoms with van der Waals surface area (Å²) in [4.78, 5) is 23.8. The summed E-state index contributed by atoms with van der Waals surface area (Å²) in [5, 5.41) is 8.64. The number of halogens is 2. The Morgan fingerprint density at radius 2 is 2.12 bits per heavy atom. The molecule has 0 spiro atoms. The number of anilines is 1. The van der Waals surface area contributed by atoms with Gasteiger partial charge in [-0.05, 0) is 43.5 Å². The summed E-state index contributed by atoms with van der Waals surface area (Å²) >= 11 is 0. The minimum absolute atomic E-state index is 0. The first-order valence-electron chi connectivity index (χ1n) is 8.06. The molecule has 2 rings (SSSR count). The lowest BCUT2D eigenvalue weighted by Crippen LogP contribution is -2.45. The molecular formula is C17H25ClFN3O2. The van der Waals surface area contributed by atoms with Crippen molar-refractivity contribution in [1.29, 1.82) is 0 Å². The largest absolute Gasteiger partial charge is 0.348 e. The normalized spacial score (nSPS) is 17.1. The molecule has 0 aliphatic carbocycles. The average Bonchev–Trinajstić information content (AvgIpc) is 2.49. The van der Waals surface area contributed by atoms with E-state index in [2.05, 4.69) is 16.0 Å². The monoisotopic (exact) mass is 357 g/mol. The molecule has 1 atom stereocenters. The van der Waals surface area contributed by atoms with Crippen molar-refractivity contribution in [2.45, 2.75) is 39.2 Å². The Labute approximate surface area is 148 Å². The summed E-state index contributed by atoms with van der Waals surface area (Å²) < 4.78 is 14.1. The van der Waals surface area contributed by atoms with Gasteiger partial charge in [-0.2, -0.15) is 0 Å². The first-order valence-corrected chi connectivity index (χ1v) is 8.06. The second-order valence-corrected chi connectivity index (χ2v) is 6.36. The van der Waals surface area contributed by atoms with Crippen LogP contribution >= 0.6 is 12.4 Å². The predicted octanol–water partition coefficient (Wildman–Crippen LogP) is 2.71. The maximum absolute atomic E-state index is 14.1. The highest BCUT2D eigenvalue weighted by Crippen LogP contribution is 2.17. The molecule has 134 valence electrons. The number of benzene rings is 1. The third-order valence-electron chi connectivity index (χ3n) is 3.73. The van der Waals surface area contributed by atoms with Crippen LogP contribution in [0.25, 0.3) is 0 Å². The van der Waals surface area contributed by atoms with Crippen molar-refractivity contribution in [3.8, 4) is 0 Å². The van der Waals surface area contributed by atoms with Gasteiger partial charge in [0, 0.05) is 24.6 Å². The van der Waals surface area contributed by atoms with Gasteiger partial charge in [-0.1, -0.05) is 13.8 Å². The lowest BCUT2D eigenvalue weighted by Gasteiger charge is -2.23. The fourth-order valence-electron chi connectivity index (χ4n) is 2.57. The van der Waals surface area contributed by atoms with Gasteiger partial charge >= 0.3 is 0 Å². The second kappa shape index (κ2) is 9.59. The summed E-state index contributed by atoms with van der Waals surface area (Å²) in [5.41, 5.74) is 0.362. The van der Waals surface area contributed by atoms with Gasteiger partial charge in [0.05, 0.1) is 5.69 Å². The molecule has 1 unspecified atom stereocenters. The fourth-order valence-corrected chi connectivity index (χ4v) is 2.57. The third kappa shape index (κ3) is 6.09. The molecule has 0 aromatic heterocycles. The van der Waals surface area contributed by atoms with E-state index in [-0.39, 0.29) is 47.4 Å². The van der Waals surface area contributed by atoms with Crippen LogP contribution in [-0.2, 0) is 4.79 Å². The first-order chi connectivity index (χ1) is 11.0. The zero-order chi connectivity index (χ0) is 16.8. The maximum Gasteiger partial charge on any atom is 0.251 e. The van der Waals surface area contributed by atoms with Gasteiger partial charge < -0.3 is 16.0 Å². The summed E-state index contributed by atoms with van der Waals surface area (Å²) in [6.45, 7) is 5.54. The molecule has 24 heavy (non-hydrogen) atoms. The number of amides is 2. The van der Waals surface area contributed by atoms with Crippen LogP contribution in [-0.4, -0.2) is 30.9 Å². The molecule has 0 bridgehead atoms. The summed E-state index contributed by atoms with van der Waals surface area (Å²) in [5.74, 6) is -0.925. The third-order valence-corrected chi connectivity index (χ3v) is 3.73. The molecule has 7 heteroatoms. The number of piperidine rings is 1. The minimum Gasteiger partial charge on any atom is -0.348 e.